The number of anilines is 1. The number of amides is 1. The van der Waals surface area contributed by atoms with E-state index in [0.717, 1.165) is 0 Å². The zero-order chi connectivity index (χ0) is 13.1. The topological polar surface area (TPSA) is 54.9 Å². The van der Waals surface area contributed by atoms with Crippen LogP contribution in [0.2, 0.25) is 10.0 Å². The highest BCUT2D eigenvalue weighted by molar-refractivity contribution is 9.10. The lowest BCUT2D eigenvalue weighted by atomic mass is 10.3. The van der Waals surface area contributed by atoms with Crippen LogP contribution >= 0.6 is 39.1 Å². The summed E-state index contributed by atoms with van der Waals surface area (Å²) in [7, 11) is 0. The fraction of sp³-hybridized carbons (Fsp3) is 0. The van der Waals surface area contributed by atoms with Crippen LogP contribution in [0.25, 0.3) is 0 Å². The summed E-state index contributed by atoms with van der Waals surface area (Å²) in [5, 5.41) is 3.32. The number of hydrogen-bond donors (Lipinski definition) is 1. The molecule has 1 aromatic heterocycles. The Kier molecular flexibility index (Phi) is 4.16. The van der Waals surface area contributed by atoms with Gasteiger partial charge in [-0.05, 0) is 28.1 Å². The minimum Gasteiger partial charge on any atom is -0.318 e. The number of benzene rings is 1. The molecule has 2 rings (SSSR count). The van der Waals surface area contributed by atoms with Gasteiger partial charge in [-0.2, -0.15) is 0 Å². The Bertz CT molecular complexity index is 569. The van der Waals surface area contributed by atoms with Crippen molar-refractivity contribution < 1.29 is 4.79 Å². The van der Waals surface area contributed by atoms with Crippen LogP contribution in [0.3, 0.4) is 0 Å². The molecule has 0 aliphatic carbocycles. The van der Waals surface area contributed by atoms with Gasteiger partial charge < -0.3 is 5.32 Å². The number of nitrogens with one attached hydrogen (secondary N) is 1. The zero-order valence-electron chi connectivity index (χ0n) is 8.82. The monoisotopic (exact) mass is 345 g/mol. The van der Waals surface area contributed by atoms with Crippen LogP contribution in [0.15, 0.2) is 35.2 Å². The third kappa shape index (κ3) is 2.98. The average Bonchev–Trinajstić information content (AvgIpc) is 2.34. The maximum Gasteiger partial charge on any atom is 0.275 e. The maximum atomic E-state index is 11.9. The van der Waals surface area contributed by atoms with E-state index in [1.54, 1.807) is 18.2 Å². The molecule has 4 nitrogen and oxygen atoms in total. The first-order valence-corrected chi connectivity index (χ1v) is 6.35. The molecule has 1 amide bonds. The summed E-state index contributed by atoms with van der Waals surface area (Å²) in [6.45, 7) is 0. The Hall–Kier alpha value is -1.17. The Labute approximate surface area is 121 Å². The van der Waals surface area contributed by atoms with Crippen molar-refractivity contribution in [3.8, 4) is 0 Å². The van der Waals surface area contributed by atoms with Gasteiger partial charge in [0.15, 0.2) is 0 Å². The van der Waals surface area contributed by atoms with Crippen molar-refractivity contribution in [3.05, 3.63) is 50.9 Å². The van der Waals surface area contributed by atoms with E-state index in [1.165, 1.54) is 12.4 Å². The Morgan fingerprint density at radius 3 is 2.39 bits per heavy atom. The molecule has 0 fully saturated rings. The van der Waals surface area contributed by atoms with Gasteiger partial charge >= 0.3 is 0 Å². The molecule has 1 N–H and O–H groups in total. The normalized spacial score (nSPS) is 10.2. The maximum absolute atomic E-state index is 11.9. The quantitative estimate of drug-likeness (QED) is 0.899. The van der Waals surface area contributed by atoms with Crippen LogP contribution in [0, 0.1) is 0 Å². The molecular formula is C11H6BrCl2N3O. The number of rotatable bonds is 2. The molecule has 0 radical (unpaired) electrons. The largest absolute Gasteiger partial charge is 0.318 e. The van der Waals surface area contributed by atoms with Gasteiger partial charge in [0.05, 0.1) is 28.1 Å². The number of aromatic nitrogens is 2. The van der Waals surface area contributed by atoms with E-state index >= 15 is 0 Å². The van der Waals surface area contributed by atoms with E-state index in [9.17, 15) is 4.79 Å². The zero-order valence-corrected chi connectivity index (χ0v) is 11.9. The summed E-state index contributed by atoms with van der Waals surface area (Å²) in [5.74, 6) is -0.426. The molecule has 0 atom stereocenters. The van der Waals surface area contributed by atoms with Crippen molar-refractivity contribution in [3.63, 3.8) is 0 Å². The highest BCUT2D eigenvalue weighted by atomic mass is 79.9. The molecule has 18 heavy (non-hydrogen) atoms. The van der Waals surface area contributed by atoms with Crippen LogP contribution in [-0.2, 0) is 0 Å². The van der Waals surface area contributed by atoms with E-state index < -0.39 is 5.91 Å². The van der Waals surface area contributed by atoms with Crippen LogP contribution in [0.5, 0.6) is 0 Å². The predicted molar refractivity (Wildman–Crippen MR) is 74.1 cm³/mol. The lowest BCUT2D eigenvalue weighted by Crippen LogP contribution is -2.14. The third-order valence-corrected chi connectivity index (χ3v) is 3.09. The van der Waals surface area contributed by atoms with Crippen LogP contribution in [0.4, 0.5) is 5.69 Å². The number of carbonyl (C=O) groups excluding carboxylic acids is 1. The first kappa shape index (κ1) is 13.3. The van der Waals surface area contributed by atoms with Crippen molar-refractivity contribution in [1.82, 2.24) is 9.97 Å². The fourth-order valence-electron chi connectivity index (χ4n) is 1.22. The molecular weight excluding hydrogens is 341 g/mol. The van der Waals surface area contributed by atoms with Crippen molar-refractivity contribution in [2.24, 2.45) is 0 Å². The van der Waals surface area contributed by atoms with Crippen molar-refractivity contribution in [2.45, 2.75) is 0 Å². The number of hydrogen-bond acceptors (Lipinski definition) is 3. The van der Waals surface area contributed by atoms with E-state index in [1.807, 2.05) is 0 Å². The van der Waals surface area contributed by atoms with Gasteiger partial charge in [-0.1, -0.05) is 29.3 Å². The second-order valence-corrected chi connectivity index (χ2v) is 4.90. The second kappa shape index (κ2) is 5.65. The second-order valence-electron chi connectivity index (χ2n) is 3.28. The lowest BCUT2D eigenvalue weighted by Gasteiger charge is -2.08. The van der Waals surface area contributed by atoms with Crippen molar-refractivity contribution in [1.29, 1.82) is 0 Å². The van der Waals surface area contributed by atoms with E-state index in [2.05, 4.69) is 31.2 Å². The summed E-state index contributed by atoms with van der Waals surface area (Å²) >= 11 is 15.0. The van der Waals surface area contributed by atoms with Crippen molar-refractivity contribution >= 4 is 50.7 Å². The summed E-state index contributed by atoms with van der Waals surface area (Å²) in [6.07, 6.45) is 2.79. The fourth-order valence-corrected chi connectivity index (χ4v) is 1.92. The molecule has 0 aliphatic heterocycles. The van der Waals surface area contributed by atoms with Gasteiger partial charge in [0.25, 0.3) is 5.91 Å². The number of para-hydroxylation sites is 1. The summed E-state index contributed by atoms with van der Waals surface area (Å²) in [5.41, 5.74) is 0.532. The molecule has 0 aliphatic rings. The Morgan fingerprint density at radius 1 is 1.17 bits per heavy atom. The minimum absolute atomic E-state index is 0.175. The van der Waals surface area contributed by atoms with Gasteiger partial charge in [-0.15, -0.1) is 0 Å². The molecule has 92 valence electrons. The van der Waals surface area contributed by atoms with Gasteiger partial charge in [-0.25, -0.2) is 9.97 Å². The first-order chi connectivity index (χ1) is 8.58. The smallest absolute Gasteiger partial charge is 0.275 e. The van der Waals surface area contributed by atoms with Gasteiger partial charge in [0, 0.05) is 0 Å². The number of carbonyl (C=O) groups is 1. The van der Waals surface area contributed by atoms with Crippen LogP contribution in [-0.4, -0.2) is 15.9 Å². The Balaban J connectivity index is 2.24. The molecule has 0 saturated carbocycles. The summed E-state index contributed by atoms with van der Waals surface area (Å²) in [4.78, 5) is 19.7. The highest BCUT2D eigenvalue weighted by Crippen LogP contribution is 2.29. The van der Waals surface area contributed by atoms with Crippen LogP contribution < -0.4 is 5.32 Å². The molecule has 0 spiro atoms. The predicted octanol–water partition coefficient (Wildman–Crippen LogP) is 3.80. The standard InChI is InChI=1S/C11H6BrCl2N3O/c12-9-5-15-8(4-16-9)11(18)17-10-6(13)2-1-3-7(10)14/h1-5H,(H,17,18). The molecule has 2 aromatic rings. The Morgan fingerprint density at radius 2 is 1.83 bits per heavy atom. The van der Waals surface area contributed by atoms with Gasteiger partial charge in [0.2, 0.25) is 0 Å². The minimum atomic E-state index is -0.426. The van der Waals surface area contributed by atoms with Gasteiger partial charge in [0.1, 0.15) is 10.3 Å². The van der Waals surface area contributed by atoms with Crippen molar-refractivity contribution in [2.75, 3.05) is 5.32 Å². The third-order valence-electron chi connectivity index (χ3n) is 2.05. The SMILES string of the molecule is O=C(Nc1c(Cl)cccc1Cl)c1cnc(Br)cn1. The molecule has 7 heteroatoms. The molecule has 0 saturated heterocycles. The number of nitrogens with zero attached hydrogens (tertiary/aromatic N) is 2. The highest BCUT2D eigenvalue weighted by Gasteiger charge is 2.12. The molecule has 0 bridgehead atoms. The van der Waals surface area contributed by atoms with Crippen LogP contribution in [0.1, 0.15) is 10.5 Å². The van der Waals surface area contributed by atoms with E-state index in [-0.39, 0.29) is 5.69 Å². The molecule has 1 heterocycles. The van der Waals surface area contributed by atoms with Gasteiger partial charge in [-0.3, -0.25) is 4.79 Å². The summed E-state index contributed by atoms with van der Waals surface area (Å²) < 4.78 is 0.551. The number of halogens is 3. The van der Waals surface area contributed by atoms with E-state index in [4.69, 9.17) is 23.2 Å². The average molecular weight is 347 g/mol. The lowest BCUT2D eigenvalue weighted by molar-refractivity contribution is 0.102. The first-order valence-electron chi connectivity index (χ1n) is 4.81. The summed E-state index contributed by atoms with van der Waals surface area (Å²) in [6, 6.07) is 4.96. The molecule has 0 unspecified atom stereocenters. The molecule has 1 aromatic carbocycles. The van der Waals surface area contributed by atoms with E-state index in [0.29, 0.717) is 20.3 Å².